The number of pyridine rings is 1. The van der Waals surface area contributed by atoms with Crippen LogP contribution in [0.1, 0.15) is 23.2 Å². The first-order chi connectivity index (χ1) is 9.67. The van der Waals surface area contributed by atoms with E-state index in [1.54, 1.807) is 23.2 Å². The molecular weight excluding hydrogens is 276 g/mol. The number of hydrogen-bond acceptors (Lipinski definition) is 5. The summed E-state index contributed by atoms with van der Waals surface area (Å²) in [6, 6.07) is 3.54. The quantitative estimate of drug-likeness (QED) is 0.629. The lowest BCUT2D eigenvalue weighted by molar-refractivity contribution is -0.146. The number of methoxy groups -OCH3 is 1. The fraction of sp³-hybridized carbons (Fsp3) is 0.500. The zero-order valence-electron chi connectivity index (χ0n) is 11.7. The van der Waals surface area contributed by atoms with Crippen molar-refractivity contribution in [3.63, 3.8) is 0 Å². The summed E-state index contributed by atoms with van der Waals surface area (Å²) < 4.78 is 4.78. The minimum Gasteiger partial charge on any atom is -0.469 e. The van der Waals surface area contributed by atoms with E-state index in [2.05, 4.69) is 4.98 Å². The Morgan fingerprint density at radius 2 is 2.30 bits per heavy atom. The molecule has 2 heterocycles. The molecule has 1 aliphatic heterocycles. The Labute approximate surface area is 122 Å². The first-order valence-electron chi connectivity index (χ1n) is 6.53. The minimum atomic E-state index is -0.237. The van der Waals surface area contributed by atoms with E-state index in [9.17, 15) is 9.59 Å². The van der Waals surface area contributed by atoms with Crippen LogP contribution in [0.25, 0.3) is 0 Å². The van der Waals surface area contributed by atoms with Gasteiger partial charge in [-0.2, -0.15) is 0 Å². The zero-order chi connectivity index (χ0) is 14.5. The third kappa shape index (κ3) is 3.12. The van der Waals surface area contributed by atoms with E-state index in [-0.39, 0.29) is 17.8 Å². The Kier molecular flexibility index (Phi) is 5.00. The van der Waals surface area contributed by atoms with Crippen LogP contribution in [0, 0.1) is 5.92 Å². The van der Waals surface area contributed by atoms with Gasteiger partial charge in [-0.25, -0.2) is 4.98 Å². The second-order valence-electron chi connectivity index (χ2n) is 4.67. The molecule has 2 rings (SSSR count). The van der Waals surface area contributed by atoms with E-state index in [4.69, 9.17) is 4.74 Å². The molecule has 0 spiro atoms. The highest BCUT2D eigenvalue weighted by Crippen LogP contribution is 2.23. The topological polar surface area (TPSA) is 59.5 Å². The number of thioether (sulfide) groups is 1. The second-order valence-corrected chi connectivity index (χ2v) is 5.47. The van der Waals surface area contributed by atoms with Gasteiger partial charge in [0.1, 0.15) is 5.03 Å². The van der Waals surface area contributed by atoms with Gasteiger partial charge in [0.05, 0.1) is 18.6 Å². The van der Waals surface area contributed by atoms with Crippen LogP contribution in [0.4, 0.5) is 0 Å². The van der Waals surface area contributed by atoms with E-state index >= 15 is 0 Å². The summed E-state index contributed by atoms with van der Waals surface area (Å²) in [4.78, 5) is 30.1. The third-order valence-electron chi connectivity index (χ3n) is 3.44. The number of carbonyl (C=O) groups is 2. The van der Waals surface area contributed by atoms with Crippen molar-refractivity contribution in [2.75, 3.05) is 26.5 Å². The molecule has 5 nitrogen and oxygen atoms in total. The molecular formula is C14H18N2O3S. The number of aromatic nitrogens is 1. The molecule has 0 bridgehead atoms. The van der Waals surface area contributed by atoms with Crippen molar-refractivity contribution >= 4 is 23.6 Å². The summed E-state index contributed by atoms with van der Waals surface area (Å²) in [5.41, 5.74) is 0.602. The number of esters is 1. The van der Waals surface area contributed by atoms with Crippen molar-refractivity contribution in [1.29, 1.82) is 0 Å². The number of carbonyl (C=O) groups excluding carboxylic acids is 2. The van der Waals surface area contributed by atoms with Crippen LogP contribution in [-0.4, -0.2) is 48.2 Å². The largest absolute Gasteiger partial charge is 0.469 e. The van der Waals surface area contributed by atoms with Gasteiger partial charge in [-0.1, -0.05) is 0 Å². The number of hydrogen-bond donors (Lipinski definition) is 0. The summed E-state index contributed by atoms with van der Waals surface area (Å²) in [7, 11) is 1.38. The van der Waals surface area contributed by atoms with E-state index in [1.165, 1.54) is 18.9 Å². The number of ether oxygens (including phenoxy) is 1. The number of piperidine rings is 1. The van der Waals surface area contributed by atoms with Crippen molar-refractivity contribution in [2.45, 2.75) is 17.9 Å². The first kappa shape index (κ1) is 14.8. The molecule has 1 fully saturated rings. The minimum absolute atomic E-state index is 0.0592. The molecule has 6 heteroatoms. The highest BCUT2D eigenvalue weighted by molar-refractivity contribution is 7.98. The SMILES string of the molecule is COC(=O)C1CCCN(C(=O)c2cccnc2SC)C1. The average Bonchev–Trinajstić information content (AvgIpc) is 2.53. The lowest BCUT2D eigenvalue weighted by Gasteiger charge is -2.31. The summed E-state index contributed by atoms with van der Waals surface area (Å²) in [5.74, 6) is -0.512. The zero-order valence-corrected chi connectivity index (χ0v) is 12.5. The molecule has 1 aromatic heterocycles. The molecule has 108 valence electrons. The maximum absolute atomic E-state index is 12.6. The van der Waals surface area contributed by atoms with E-state index in [0.717, 1.165) is 17.9 Å². The van der Waals surface area contributed by atoms with Crippen LogP contribution in [0.15, 0.2) is 23.4 Å². The van der Waals surface area contributed by atoms with Gasteiger partial charge < -0.3 is 9.64 Å². The Hall–Kier alpha value is -1.56. The van der Waals surface area contributed by atoms with Crippen LogP contribution in [0.2, 0.25) is 0 Å². The molecule has 1 saturated heterocycles. The van der Waals surface area contributed by atoms with Crippen molar-refractivity contribution < 1.29 is 14.3 Å². The molecule has 20 heavy (non-hydrogen) atoms. The fourth-order valence-corrected chi connectivity index (χ4v) is 2.95. The summed E-state index contributed by atoms with van der Waals surface area (Å²) in [6.07, 6.45) is 5.17. The molecule has 0 N–H and O–H groups in total. The lowest BCUT2D eigenvalue weighted by atomic mass is 9.97. The van der Waals surface area contributed by atoms with Gasteiger partial charge in [-0.15, -0.1) is 11.8 Å². The number of rotatable bonds is 3. The summed E-state index contributed by atoms with van der Waals surface area (Å²) in [6.45, 7) is 1.10. The predicted octanol–water partition coefficient (Wildman–Crippen LogP) is 1.83. The van der Waals surface area contributed by atoms with E-state index in [0.29, 0.717) is 18.7 Å². The van der Waals surface area contributed by atoms with Crippen LogP contribution >= 0.6 is 11.8 Å². The predicted molar refractivity (Wildman–Crippen MR) is 76.7 cm³/mol. The summed E-state index contributed by atoms with van der Waals surface area (Å²) in [5, 5.41) is 0.720. The van der Waals surface area contributed by atoms with Crippen molar-refractivity contribution in [3.05, 3.63) is 23.9 Å². The average molecular weight is 294 g/mol. The number of likely N-dealkylation sites (tertiary alicyclic amines) is 1. The van der Waals surface area contributed by atoms with Crippen LogP contribution in [0.5, 0.6) is 0 Å². The molecule has 1 amide bonds. The van der Waals surface area contributed by atoms with E-state index in [1.807, 2.05) is 6.26 Å². The van der Waals surface area contributed by atoms with E-state index < -0.39 is 0 Å². The highest BCUT2D eigenvalue weighted by atomic mass is 32.2. The standard InChI is InChI=1S/C14H18N2O3S/c1-19-14(18)10-5-4-8-16(9-10)13(17)11-6-3-7-15-12(11)20-2/h3,6-7,10H,4-5,8-9H2,1-2H3. The monoisotopic (exact) mass is 294 g/mol. The fourth-order valence-electron chi connectivity index (χ4n) is 2.41. The van der Waals surface area contributed by atoms with Gasteiger partial charge in [0.25, 0.3) is 5.91 Å². The normalized spacial score (nSPS) is 18.7. The second kappa shape index (κ2) is 6.74. The molecule has 1 unspecified atom stereocenters. The Balaban J connectivity index is 2.14. The van der Waals surface area contributed by atoms with Gasteiger partial charge in [-0.3, -0.25) is 9.59 Å². The van der Waals surface area contributed by atoms with Gasteiger partial charge in [0, 0.05) is 19.3 Å². The first-order valence-corrected chi connectivity index (χ1v) is 7.76. The Morgan fingerprint density at radius 3 is 3.00 bits per heavy atom. The lowest BCUT2D eigenvalue weighted by Crippen LogP contribution is -2.42. The van der Waals surface area contributed by atoms with Gasteiger partial charge >= 0.3 is 5.97 Å². The highest BCUT2D eigenvalue weighted by Gasteiger charge is 2.30. The van der Waals surface area contributed by atoms with Crippen molar-refractivity contribution in [3.8, 4) is 0 Å². The maximum Gasteiger partial charge on any atom is 0.310 e. The summed E-state index contributed by atoms with van der Waals surface area (Å²) >= 11 is 1.45. The molecule has 0 aliphatic carbocycles. The van der Waals surface area contributed by atoms with Crippen LogP contribution < -0.4 is 0 Å². The number of nitrogens with zero attached hydrogens (tertiary/aromatic N) is 2. The van der Waals surface area contributed by atoms with Crippen LogP contribution in [-0.2, 0) is 9.53 Å². The van der Waals surface area contributed by atoms with Crippen molar-refractivity contribution in [1.82, 2.24) is 9.88 Å². The van der Waals surface area contributed by atoms with Gasteiger partial charge in [0.2, 0.25) is 0 Å². The van der Waals surface area contributed by atoms with Gasteiger partial charge in [0.15, 0.2) is 0 Å². The molecule has 1 atom stereocenters. The molecule has 0 aromatic carbocycles. The Morgan fingerprint density at radius 1 is 1.50 bits per heavy atom. The molecule has 0 radical (unpaired) electrons. The molecule has 0 saturated carbocycles. The smallest absolute Gasteiger partial charge is 0.310 e. The number of amides is 1. The third-order valence-corrected chi connectivity index (χ3v) is 4.15. The maximum atomic E-state index is 12.6. The molecule has 1 aromatic rings. The van der Waals surface area contributed by atoms with Crippen LogP contribution in [0.3, 0.4) is 0 Å². The van der Waals surface area contributed by atoms with Crippen molar-refractivity contribution in [2.24, 2.45) is 5.92 Å². The Bertz CT molecular complexity index is 507. The van der Waals surface area contributed by atoms with Gasteiger partial charge in [-0.05, 0) is 31.2 Å². The molecule has 1 aliphatic rings.